The van der Waals surface area contributed by atoms with E-state index < -0.39 is 5.82 Å². The van der Waals surface area contributed by atoms with E-state index in [9.17, 15) is 14.0 Å². The van der Waals surface area contributed by atoms with Gasteiger partial charge in [0, 0.05) is 31.7 Å². The molecule has 0 spiro atoms. The molecule has 1 aliphatic rings. The van der Waals surface area contributed by atoms with Crippen LogP contribution in [0, 0.1) is 5.82 Å². The lowest BCUT2D eigenvalue weighted by molar-refractivity contribution is 0.0533. The van der Waals surface area contributed by atoms with Crippen molar-refractivity contribution in [2.24, 2.45) is 0 Å². The van der Waals surface area contributed by atoms with Gasteiger partial charge in [-0.15, -0.1) is 0 Å². The van der Waals surface area contributed by atoms with Gasteiger partial charge in [-0.05, 0) is 36.4 Å². The average Bonchev–Trinajstić information content (AvgIpc) is 2.69. The molecule has 1 heterocycles. The number of methoxy groups -OCH3 is 1. The highest BCUT2D eigenvalue weighted by atomic mass is 35.5. The zero-order valence-electron chi connectivity index (χ0n) is 14.5. The minimum absolute atomic E-state index is 0.194. The van der Waals surface area contributed by atoms with Gasteiger partial charge in [0.2, 0.25) is 0 Å². The third-order valence-corrected chi connectivity index (χ3v) is 5.03. The minimum atomic E-state index is -0.394. The molecule has 1 aliphatic heterocycles. The lowest BCUT2D eigenvalue weighted by Crippen LogP contribution is -2.50. The van der Waals surface area contributed by atoms with E-state index in [2.05, 4.69) is 0 Å². The molecule has 0 aromatic heterocycles. The molecule has 0 bridgehead atoms. The molecule has 27 heavy (non-hydrogen) atoms. The van der Waals surface area contributed by atoms with Crippen LogP contribution >= 0.6 is 23.2 Å². The zero-order chi connectivity index (χ0) is 19.6. The minimum Gasteiger partial charge on any atom is -0.494 e. The molecule has 5 nitrogen and oxygen atoms in total. The number of hydrogen-bond donors (Lipinski definition) is 0. The maximum atomic E-state index is 13.0. The average molecular weight is 411 g/mol. The van der Waals surface area contributed by atoms with Gasteiger partial charge in [-0.25, -0.2) is 4.39 Å². The molecule has 0 saturated carbocycles. The Morgan fingerprint density at radius 2 is 1.41 bits per heavy atom. The molecule has 1 saturated heterocycles. The second-order valence-corrected chi connectivity index (χ2v) is 6.84. The molecule has 8 heteroatoms. The van der Waals surface area contributed by atoms with Crippen LogP contribution in [0.25, 0.3) is 0 Å². The van der Waals surface area contributed by atoms with E-state index in [-0.39, 0.29) is 28.1 Å². The number of piperazine rings is 1. The van der Waals surface area contributed by atoms with E-state index in [1.807, 2.05) is 0 Å². The Morgan fingerprint density at radius 3 is 1.96 bits per heavy atom. The zero-order valence-corrected chi connectivity index (χ0v) is 16.1. The van der Waals surface area contributed by atoms with Crippen molar-refractivity contribution >= 4 is 35.0 Å². The third-order valence-electron chi connectivity index (χ3n) is 4.42. The number of rotatable bonds is 3. The molecule has 0 N–H and O–H groups in total. The van der Waals surface area contributed by atoms with Gasteiger partial charge in [0.05, 0.1) is 17.2 Å². The predicted octanol–water partition coefficient (Wildman–Crippen LogP) is 3.74. The van der Waals surface area contributed by atoms with Crippen molar-refractivity contribution in [2.45, 2.75) is 0 Å². The Balaban J connectivity index is 1.71. The molecule has 2 aromatic rings. The van der Waals surface area contributed by atoms with Crippen LogP contribution in [0.5, 0.6) is 5.75 Å². The molecule has 142 valence electrons. The normalized spacial score (nSPS) is 14.2. The lowest BCUT2D eigenvalue weighted by Gasteiger charge is -2.35. The quantitative estimate of drug-likeness (QED) is 0.774. The van der Waals surface area contributed by atoms with E-state index >= 15 is 0 Å². The van der Waals surface area contributed by atoms with Gasteiger partial charge in [0.15, 0.2) is 5.75 Å². The van der Waals surface area contributed by atoms with Crippen LogP contribution in [0.3, 0.4) is 0 Å². The van der Waals surface area contributed by atoms with Gasteiger partial charge < -0.3 is 14.5 Å². The molecule has 2 aromatic carbocycles. The van der Waals surface area contributed by atoms with Crippen molar-refractivity contribution < 1.29 is 18.7 Å². The first-order chi connectivity index (χ1) is 12.9. The molecule has 0 aliphatic carbocycles. The molecular formula is C19H17Cl2FN2O3. The highest BCUT2D eigenvalue weighted by Crippen LogP contribution is 2.34. The summed E-state index contributed by atoms with van der Waals surface area (Å²) in [6.45, 7) is 1.42. The fourth-order valence-electron chi connectivity index (χ4n) is 2.98. The molecule has 0 atom stereocenters. The van der Waals surface area contributed by atoms with Crippen molar-refractivity contribution in [1.29, 1.82) is 0 Å². The largest absolute Gasteiger partial charge is 0.494 e. The lowest BCUT2D eigenvalue weighted by atomic mass is 10.1. The van der Waals surface area contributed by atoms with Crippen LogP contribution in [-0.2, 0) is 0 Å². The first-order valence-corrected chi connectivity index (χ1v) is 9.04. The second kappa shape index (κ2) is 8.15. The summed E-state index contributed by atoms with van der Waals surface area (Å²) in [5.74, 6) is -0.651. The van der Waals surface area contributed by atoms with E-state index in [1.54, 1.807) is 21.9 Å². The maximum absolute atomic E-state index is 13.0. The van der Waals surface area contributed by atoms with Crippen LogP contribution < -0.4 is 4.74 Å². The Labute approximate surface area is 166 Å². The van der Waals surface area contributed by atoms with Crippen LogP contribution in [-0.4, -0.2) is 54.9 Å². The Kier molecular flexibility index (Phi) is 5.87. The smallest absolute Gasteiger partial charge is 0.259 e. The van der Waals surface area contributed by atoms with Gasteiger partial charge in [-0.1, -0.05) is 23.2 Å². The highest BCUT2D eigenvalue weighted by molar-refractivity contribution is 6.37. The summed E-state index contributed by atoms with van der Waals surface area (Å²) >= 11 is 12.3. The molecule has 0 unspecified atom stereocenters. The Bertz CT molecular complexity index is 866. The standard InChI is InChI=1S/C19H17Cl2FN2O3/c1-27-17-15(21)7-6-14(20)16(17)19(26)24-10-8-23(9-11-24)18(25)12-2-4-13(22)5-3-12/h2-7H,8-11H2,1H3. The van der Waals surface area contributed by atoms with Crippen molar-refractivity contribution in [3.8, 4) is 5.75 Å². The number of halogens is 3. The monoisotopic (exact) mass is 410 g/mol. The first-order valence-electron chi connectivity index (χ1n) is 8.28. The summed E-state index contributed by atoms with van der Waals surface area (Å²) in [4.78, 5) is 28.6. The van der Waals surface area contributed by atoms with Gasteiger partial charge >= 0.3 is 0 Å². The van der Waals surface area contributed by atoms with Crippen molar-refractivity contribution in [3.63, 3.8) is 0 Å². The maximum Gasteiger partial charge on any atom is 0.259 e. The van der Waals surface area contributed by atoms with Crippen molar-refractivity contribution in [1.82, 2.24) is 9.80 Å². The van der Waals surface area contributed by atoms with Crippen LogP contribution in [0.1, 0.15) is 20.7 Å². The number of hydrogen-bond acceptors (Lipinski definition) is 3. The summed E-state index contributed by atoms with van der Waals surface area (Å²) in [5, 5.41) is 0.557. The number of carbonyl (C=O) groups is 2. The number of ether oxygens (including phenoxy) is 1. The first kappa shape index (κ1) is 19.5. The third kappa shape index (κ3) is 4.01. The Hall–Kier alpha value is -2.31. The summed E-state index contributed by atoms with van der Waals surface area (Å²) in [7, 11) is 1.42. The van der Waals surface area contributed by atoms with E-state index in [4.69, 9.17) is 27.9 Å². The molecule has 2 amide bonds. The molecule has 1 fully saturated rings. The van der Waals surface area contributed by atoms with Crippen LogP contribution in [0.4, 0.5) is 4.39 Å². The predicted molar refractivity (Wildman–Crippen MR) is 101 cm³/mol. The van der Waals surface area contributed by atoms with Gasteiger partial charge in [0.1, 0.15) is 11.4 Å². The molecule has 3 rings (SSSR count). The number of carbonyl (C=O) groups excluding carboxylic acids is 2. The second-order valence-electron chi connectivity index (χ2n) is 6.03. The summed E-state index contributed by atoms with van der Waals surface area (Å²) in [6, 6.07) is 8.52. The van der Waals surface area contributed by atoms with E-state index in [0.29, 0.717) is 36.8 Å². The summed E-state index contributed by atoms with van der Waals surface area (Å²) in [6.07, 6.45) is 0. The molecular weight excluding hydrogens is 394 g/mol. The number of nitrogens with zero attached hydrogens (tertiary/aromatic N) is 2. The van der Waals surface area contributed by atoms with Crippen molar-refractivity contribution in [2.75, 3.05) is 33.3 Å². The number of amides is 2. The van der Waals surface area contributed by atoms with E-state index in [0.717, 1.165) is 0 Å². The highest BCUT2D eigenvalue weighted by Gasteiger charge is 2.29. The SMILES string of the molecule is COc1c(Cl)ccc(Cl)c1C(=O)N1CCN(C(=O)c2ccc(F)cc2)CC1. The van der Waals surface area contributed by atoms with E-state index in [1.165, 1.54) is 31.4 Å². The number of benzene rings is 2. The fourth-order valence-corrected chi connectivity index (χ4v) is 3.44. The Morgan fingerprint density at radius 1 is 0.889 bits per heavy atom. The van der Waals surface area contributed by atoms with Crippen LogP contribution in [0.2, 0.25) is 10.0 Å². The van der Waals surface area contributed by atoms with Gasteiger partial charge in [0.25, 0.3) is 11.8 Å². The van der Waals surface area contributed by atoms with Gasteiger partial charge in [-0.2, -0.15) is 0 Å². The fraction of sp³-hybridized carbons (Fsp3) is 0.263. The van der Waals surface area contributed by atoms with Crippen LogP contribution in [0.15, 0.2) is 36.4 Å². The van der Waals surface area contributed by atoms with Gasteiger partial charge in [-0.3, -0.25) is 9.59 Å². The topological polar surface area (TPSA) is 49.9 Å². The van der Waals surface area contributed by atoms with Crippen molar-refractivity contribution in [3.05, 3.63) is 63.4 Å². The summed E-state index contributed by atoms with van der Waals surface area (Å²) < 4.78 is 18.3. The molecule has 0 radical (unpaired) electrons. The summed E-state index contributed by atoms with van der Waals surface area (Å²) in [5.41, 5.74) is 0.626.